The number of anilines is 2. The number of alkyl carbamates (subject to hydrolysis) is 1. The average molecular weight is 889 g/mol. The third-order valence-electron chi connectivity index (χ3n) is 12.0. The predicted molar refractivity (Wildman–Crippen MR) is 242 cm³/mol. The van der Waals surface area contributed by atoms with Crippen molar-refractivity contribution in [1.29, 1.82) is 0 Å². The summed E-state index contributed by atoms with van der Waals surface area (Å²) < 4.78 is 20.5. The van der Waals surface area contributed by atoms with Gasteiger partial charge in [-0.2, -0.15) is 0 Å². The number of carbonyl (C=O) groups is 5. The van der Waals surface area contributed by atoms with E-state index >= 15 is 0 Å². The number of unbranched alkanes of at least 4 members (excludes halogenated alkanes) is 3. The third kappa shape index (κ3) is 15.5. The monoisotopic (exact) mass is 889 g/mol. The van der Waals surface area contributed by atoms with Crippen molar-refractivity contribution in [2.24, 2.45) is 34.8 Å². The molecular weight excluding hydrogens is 816 g/mol. The fraction of sp³-hybridized carbons (Fsp3) is 0.689. The van der Waals surface area contributed by atoms with Gasteiger partial charge in [0.1, 0.15) is 22.6 Å². The average Bonchev–Trinajstić information content (AvgIpc) is 3.68. The van der Waals surface area contributed by atoms with Crippen molar-refractivity contribution < 1.29 is 38.2 Å². The summed E-state index contributed by atoms with van der Waals surface area (Å²) in [6.07, 6.45) is 5.34. The Kier molecular flexibility index (Phi) is 21.0. The fourth-order valence-corrected chi connectivity index (χ4v) is 8.67. The van der Waals surface area contributed by atoms with Crippen LogP contribution in [-0.2, 0) is 30.3 Å². The van der Waals surface area contributed by atoms with E-state index in [1.807, 2.05) is 39.6 Å². The Morgan fingerprint density at radius 2 is 1.82 bits per heavy atom. The number of aromatic nitrogens is 1. The summed E-state index contributed by atoms with van der Waals surface area (Å²) in [5.74, 6) is -4.85. The molecule has 348 valence electrons. The normalized spacial score (nSPS) is 17.0. The van der Waals surface area contributed by atoms with Crippen LogP contribution in [0.25, 0.3) is 0 Å². The van der Waals surface area contributed by atoms with Gasteiger partial charge < -0.3 is 42.2 Å². The van der Waals surface area contributed by atoms with Crippen LogP contribution in [0.3, 0.4) is 0 Å². The van der Waals surface area contributed by atoms with Crippen LogP contribution in [0.5, 0.6) is 0 Å². The molecule has 15 nitrogen and oxygen atoms in total. The summed E-state index contributed by atoms with van der Waals surface area (Å²) in [7, 11) is 1.99. The lowest BCUT2D eigenvalue weighted by molar-refractivity contribution is -0.149. The molecule has 2 heterocycles. The summed E-state index contributed by atoms with van der Waals surface area (Å²) in [6, 6.07) is 3.75. The van der Waals surface area contributed by atoms with Crippen molar-refractivity contribution in [3.63, 3.8) is 0 Å². The Hall–Kier alpha value is -4.35. The number of hydrogen-bond donors (Lipinski definition) is 6. The SMILES string of the molecule is CCCCCCN(C(=O)[C@H](C(=O)N[C@H]1CCCCN1C)[C@@H](C)CC)[C@H](C[C@@H](OC(=O)NCCN)c1nc(NC(=O)[C@@H](Cc2ccc(N)c(F)c2)CC(C)(C)C(=O)O)cs1)C(C)C. The van der Waals surface area contributed by atoms with Gasteiger partial charge >= 0.3 is 12.1 Å². The van der Waals surface area contributed by atoms with Gasteiger partial charge in [-0.15, -0.1) is 11.3 Å². The number of hydrogen-bond acceptors (Lipinski definition) is 11. The minimum atomic E-state index is -1.29. The van der Waals surface area contributed by atoms with E-state index in [0.717, 1.165) is 62.8 Å². The van der Waals surface area contributed by atoms with E-state index in [2.05, 4.69) is 27.8 Å². The van der Waals surface area contributed by atoms with Gasteiger partial charge in [0.05, 0.1) is 17.3 Å². The van der Waals surface area contributed by atoms with Crippen molar-refractivity contribution >= 4 is 52.6 Å². The molecule has 0 spiro atoms. The highest BCUT2D eigenvalue weighted by Gasteiger charge is 2.41. The van der Waals surface area contributed by atoms with Crippen LogP contribution in [0.15, 0.2) is 23.6 Å². The maximum absolute atomic E-state index is 15.0. The minimum Gasteiger partial charge on any atom is -0.481 e. The molecule has 8 N–H and O–H groups in total. The number of piperidine rings is 1. The number of carboxylic acid groups (broad SMARTS) is 1. The highest BCUT2D eigenvalue weighted by Crippen LogP contribution is 2.35. The van der Waals surface area contributed by atoms with Crippen LogP contribution >= 0.6 is 11.3 Å². The molecule has 1 aliphatic rings. The molecule has 2 aromatic rings. The first-order chi connectivity index (χ1) is 29.3. The summed E-state index contributed by atoms with van der Waals surface area (Å²) in [6.45, 7) is 14.7. The summed E-state index contributed by atoms with van der Waals surface area (Å²) in [4.78, 5) is 77.1. The molecule has 0 aliphatic carbocycles. The van der Waals surface area contributed by atoms with E-state index in [9.17, 15) is 33.5 Å². The van der Waals surface area contributed by atoms with Gasteiger partial charge in [-0.05, 0) is 95.5 Å². The maximum Gasteiger partial charge on any atom is 0.407 e. The first-order valence-corrected chi connectivity index (χ1v) is 23.2. The van der Waals surface area contributed by atoms with E-state index in [0.29, 0.717) is 23.5 Å². The van der Waals surface area contributed by atoms with Crippen LogP contribution < -0.4 is 27.4 Å². The Morgan fingerprint density at radius 1 is 1.10 bits per heavy atom. The maximum atomic E-state index is 15.0. The van der Waals surface area contributed by atoms with E-state index in [1.165, 1.54) is 26.0 Å². The second-order valence-electron chi connectivity index (χ2n) is 17.8. The molecule has 3 rings (SSSR count). The molecule has 0 bridgehead atoms. The van der Waals surface area contributed by atoms with Crippen LogP contribution in [0.1, 0.15) is 129 Å². The molecule has 4 amide bonds. The molecule has 1 fully saturated rings. The van der Waals surface area contributed by atoms with E-state index in [1.54, 1.807) is 11.4 Å². The number of likely N-dealkylation sites (tertiary alicyclic amines) is 1. The molecular formula is C45H73FN8O7S. The van der Waals surface area contributed by atoms with Crippen LogP contribution in [0, 0.1) is 34.9 Å². The number of ether oxygens (including phenoxy) is 1. The first-order valence-electron chi connectivity index (χ1n) is 22.3. The number of amides is 4. The van der Waals surface area contributed by atoms with Gasteiger partial charge in [-0.3, -0.25) is 24.1 Å². The van der Waals surface area contributed by atoms with Crippen LogP contribution in [0.4, 0.5) is 20.7 Å². The highest BCUT2D eigenvalue weighted by atomic mass is 32.1. The zero-order valence-electron chi connectivity index (χ0n) is 38.1. The van der Waals surface area contributed by atoms with Crippen molar-refractivity contribution in [3.05, 3.63) is 40.0 Å². The third-order valence-corrected chi connectivity index (χ3v) is 12.9. The number of nitrogens with two attached hydrogens (primary N) is 2. The molecule has 1 aromatic heterocycles. The zero-order chi connectivity index (χ0) is 46.1. The number of thiazole rings is 1. The fourth-order valence-electron chi connectivity index (χ4n) is 7.88. The minimum absolute atomic E-state index is 0.0367. The number of nitrogens with zero attached hydrogens (tertiary/aromatic N) is 3. The van der Waals surface area contributed by atoms with E-state index in [-0.39, 0.29) is 73.7 Å². The van der Waals surface area contributed by atoms with E-state index in [4.69, 9.17) is 21.2 Å². The molecule has 17 heteroatoms. The number of carbonyl (C=O) groups excluding carboxylic acids is 4. The molecule has 1 saturated heterocycles. The van der Waals surface area contributed by atoms with Gasteiger partial charge in [-0.25, -0.2) is 14.2 Å². The number of benzene rings is 1. The molecule has 62 heavy (non-hydrogen) atoms. The summed E-state index contributed by atoms with van der Waals surface area (Å²) >= 11 is 1.16. The van der Waals surface area contributed by atoms with Crippen LogP contribution in [-0.4, -0.2) is 95.1 Å². The largest absolute Gasteiger partial charge is 0.481 e. The molecule has 6 atom stereocenters. The lowest BCUT2D eigenvalue weighted by atomic mass is 9.80. The molecule has 0 saturated carbocycles. The molecule has 1 aromatic carbocycles. The summed E-state index contributed by atoms with van der Waals surface area (Å²) in [5, 5.41) is 20.5. The summed E-state index contributed by atoms with van der Waals surface area (Å²) in [5.41, 5.74) is 10.5. The lowest BCUT2D eigenvalue weighted by Crippen LogP contribution is -2.56. The number of rotatable bonds is 25. The van der Waals surface area contributed by atoms with Crippen molar-refractivity contribution in [2.45, 2.75) is 137 Å². The van der Waals surface area contributed by atoms with Crippen molar-refractivity contribution in [1.82, 2.24) is 25.4 Å². The Labute approximate surface area is 371 Å². The Balaban J connectivity index is 2.01. The van der Waals surface area contributed by atoms with E-state index < -0.39 is 53.2 Å². The molecule has 1 aliphatic heterocycles. The second-order valence-corrected chi connectivity index (χ2v) is 18.7. The standard InChI is InChI=1S/C45H73FN8O7S/c1-9-11-12-14-22-54(42(57)38(29(5)10-2)40(56)52-37-16-13-15-21-53(37)8)34(28(3)4)25-35(61-44(60)49-20-19-47)41-51-36(27-62-41)50-39(55)31(26-45(6,7)43(58)59)23-30-17-18-33(48)32(46)24-30/h17-18,24,27-29,31,34-35,37-38H,9-16,19-23,25-26,47-48H2,1-8H3,(H,49,60)(H,50,55)(H,52,56)(H,58,59)/t29-,31-,34+,35+,37+,38-/m0/s1. The van der Waals surface area contributed by atoms with Gasteiger partial charge in [0.15, 0.2) is 6.10 Å². The smallest absolute Gasteiger partial charge is 0.407 e. The Morgan fingerprint density at radius 3 is 2.44 bits per heavy atom. The number of halogens is 1. The lowest BCUT2D eigenvalue weighted by Gasteiger charge is -2.40. The number of carboxylic acids is 1. The quantitative estimate of drug-likeness (QED) is 0.0341. The van der Waals surface area contributed by atoms with Gasteiger partial charge in [0, 0.05) is 43.4 Å². The topological polar surface area (TPSA) is 222 Å². The number of nitrogen functional groups attached to an aromatic ring is 1. The number of nitrogens with one attached hydrogen (secondary N) is 3. The highest BCUT2D eigenvalue weighted by molar-refractivity contribution is 7.10. The molecule has 0 unspecified atom stereocenters. The molecule has 0 radical (unpaired) electrons. The van der Waals surface area contributed by atoms with Gasteiger partial charge in [0.2, 0.25) is 17.7 Å². The van der Waals surface area contributed by atoms with Crippen molar-refractivity contribution in [3.8, 4) is 0 Å². The van der Waals surface area contributed by atoms with Gasteiger partial charge in [-0.1, -0.05) is 66.4 Å². The number of aliphatic carboxylic acids is 1. The van der Waals surface area contributed by atoms with Crippen LogP contribution in [0.2, 0.25) is 0 Å². The Bertz CT molecular complexity index is 1780. The van der Waals surface area contributed by atoms with Crippen molar-refractivity contribution in [2.75, 3.05) is 44.3 Å². The van der Waals surface area contributed by atoms with Gasteiger partial charge in [0.25, 0.3) is 0 Å². The first kappa shape index (κ1) is 52.0. The predicted octanol–water partition coefficient (Wildman–Crippen LogP) is 6.93. The second kappa shape index (κ2) is 25.1. The zero-order valence-corrected chi connectivity index (χ0v) is 39.0.